The Morgan fingerprint density at radius 2 is 1.96 bits per heavy atom. The lowest BCUT2D eigenvalue weighted by Crippen LogP contribution is -2.48. The topological polar surface area (TPSA) is 54.3 Å². The van der Waals surface area contributed by atoms with Crippen LogP contribution in [0.4, 0.5) is 5.13 Å². The molecular weight excluding hydrogens is 346 g/mol. The van der Waals surface area contributed by atoms with Crippen LogP contribution in [0.3, 0.4) is 0 Å². The van der Waals surface area contributed by atoms with Crippen molar-refractivity contribution in [1.29, 1.82) is 0 Å². The van der Waals surface area contributed by atoms with Gasteiger partial charge in [0.05, 0.1) is 10.2 Å². The highest BCUT2D eigenvalue weighted by Crippen LogP contribution is 2.30. The quantitative estimate of drug-likeness (QED) is 0.709. The van der Waals surface area contributed by atoms with E-state index in [0.717, 1.165) is 36.7 Å². The number of fused-ring (bicyclic) bond motifs is 1. The molecule has 6 nitrogen and oxygen atoms in total. The number of rotatable bonds is 4. The van der Waals surface area contributed by atoms with E-state index < -0.39 is 0 Å². The second kappa shape index (κ2) is 7.07. The van der Waals surface area contributed by atoms with Gasteiger partial charge in [0.1, 0.15) is 5.69 Å². The lowest BCUT2D eigenvalue weighted by molar-refractivity contribution is 0.0740. The molecule has 1 saturated heterocycles. The number of nitrogens with zero attached hydrogens (tertiary/aromatic N) is 5. The predicted octanol–water partition coefficient (Wildman–Crippen LogP) is 3.04. The van der Waals surface area contributed by atoms with E-state index in [1.807, 2.05) is 18.0 Å². The number of hydrogen-bond acceptors (Lipinski definition) is 5. The van der Waals surface area contributed by atoms with Crippen molar-refractivity contribution in [3.63, 3.8) is 0 Å². The maximum Gasteiger partial charge on any atom is 0.274 e. The van der Waals surface area contributed by atoms with E-state index in [0.29, 0.717) is 18.8 Å². The van der Waals surface area contributed by atoms with Crippen LogP contribution in [-0.4, -0.2) is 51.8 Å². The molecule has 0 bridgehead atoms. The van der Waals surface area contributed by atoms with E-state index in [1.54, 1.807) is 22.1 Å². The summed E-state index contributed by atoms with van der Waals surface area (Å²) >= 11 is 1.74. The Bertz CT molecular complexity index is 923. The van der Waals surface area contributed by atoms with Crippen LogP contribution in [0.5, 0.6) is 0 Å². The first kappa shape index (κ1) is 17.0. The summed E-state index contributed by atoms with van der Waals surface area (Å²) in [6.07, 6.45) is 2.90. The summed E-state index contributed by atoms with van der Waals surface area (Å²) in [5.41, 5.74) is 2.94. The Balaban J connectivity index is 1.43. The van der Waals surface area contributed by atoms with Crippen molar-refractivity contribution in [2.45, 2.75) is 26.8 Å². The molecule has 1 amide bonds. The molecule has 0 N–H and O–H groups in total. The Labute approximate surface area is 157 Å². The van der Waals surface area contributed by atoms with Crippen LogP contribution in [0.2, 0.25) is 0 Å². The number of thiazole rings is 1. The molecule has 3 heterocycles. The molecule has 2 aromatic heterocycles. The largest absolute Gasteiger partial charge is 0.345 e. The fraction of sp³-hybridized carbons (Fsp3) is 0.421. The van der Waals surface area contributed by atoms with E-state index in [1.165, 1.54) is 10.3 Å². The average molecular weight is 369 g/mol. The van der Waals surface area contributed by atoms with Gasteiger partial charge in [0, 0.05) is 38.9 Å². The molecule has 0 spiro atoms. The van der Waals surface area contributed by atoms with Crippen LogP contribution in [0, 0.1) is 0 Å². The molecule has 0 aliphatic carbocycles. The van der Waals surface area contributed by atoms with Crippen LogP contribution >= 0.6 is 11.3 Å². The van der Waals surface area contributed by atoms with Crippen molar-refractivity contribution < 1.29 is 4.79 Å². The van der Waals surface area contributed by atoms with Crippen LogP contribution in [0.1, 0.15) is 29.9 Å². The van der Waals surface area contributed by atoms with Gasteiger partial charge in [-0.3, -0.25) is 9.48 Å². The number of aromatic nitrogens is 3. The van der Waals surface area contributed by atoms with Crippen molar-refractivity contribution in [2.75, 3.05) is 31.1 Å². The van der Waals surface area contributed by atoms with Crippen molar-refractivity contribution >= 4 is 32.6 Å². The maximum absolute atomic E-state index is 12.6. The Morgan fingerprint density at radius 1 is 1.15 bits per heavy atom. The zero-order chi connectivity index (χ0) is 18.1. The van der Waals surface area contributed by atoms with E-state index >= 15 is 0 Å². The summed E-state index contributed by atoms with van der Waals surface area (Å²) < 4.78 is 3.03. The van der Waals surface area contributed by atoms with Gasteiger partial charge in [-0.1, -0.05) is 24.3 Å². The van der Waals surface area contributed by atoms with Gasteiger partial charge >= 0.3 is 0 Å². The average Bonchev–Trinajstić information content (AvgIpc) is 3.33. The first-order chi connectivity index (χ1) is 12.7. The lowest BCUT2D eigenvalue weighted by atomic mass is 10.2. The molecule has 0 saturated carbocycles. The minimum Gasteiger partial charge on any atom is -0.345 e. The Hall–Kier alpha value is -2.41. The summed E-state index contributed by atoms with van der Waals surface area (Å²) in [7, 11) is 0. The number of aryl methyl sites for hydroxylation is 2. The molecule has 7 heteroatoms. The molecule has 0 atom stereocenters. The molecule has 0 radical (unpaired) electrons. The molecule has 1 aliphatic heterocycles. The molecule has 1 fully saturated rings. The normalized spacial score (nSPS) is 15.0. The number of carbonyl (C=O) groups is 1. The van der Waals surface area contributed by atoms with Crippen molar-refractivity contribution in [2.24, 2.45) is 0 Å². The van der Waals surface area contributed by atoms with Crippen LogP contribution in [0.15, 0.2) is 30.5 Å². The number of carbonyl (C=O) groups excluding carboxylic acids is 1. The maximum atomic E-state index is 12.6. The third-order valence-corrected chi connectivity index (χ3v) is 5.95. The van der Waals surface area contributed by atoms with Gasteiger partial charge in [-0.05, 0) is 37.1 Å². The van der Waals surface area contributed by atoms with Gasteiger partial charge in [0.2, 0.25) is 0 Å². The minimum absolute atomic E-state index is 0.0220. The fourth-order valence-electron chi connectivity index (χ4n) is 3.23. The summed E-state index contributed by atoms with van der Waals surface area (Å²) in [5.74, 6) is 0.0220. The van der Waals surface area contributed by atoms with E-state index in [2.05, 4.69) is 35.1 Å². The SMILES string of the molecule is CCc1ccc2nc(N3CCN(C(=O)c4ccn(CC)n4)CC3)sc2c1. The van der Waals surface area contributed by atoms with Crippen molar-refractivity contribution in [3.8, 4) is 0 Å². The van der Waals surface area contributed by atoms with Crippen LogP contribution in [0.25, 0.3) is 10.2 Å². The number of anilines is 1. The number of amides is 1. The molecule has 1 aliphatic rings. The van der Waals surface area contributed by atoms with Gasteiger partial charge in [0.25, 0.3) is 5.91 Å². The zero-order valence-electron chi connectivity index (χ0n) is 15.2. The number of hydrogen-bond donors (Lipinski definition) is 0. The molecule has 26 heavy (non-hydrogen) atoms. The number of benzene rings is 1. The third kappa shape index (κ3) is 3.19. The summed E-state index contributed by atoms with van der Waals surface area (Å²) in [6.45, 7) is 7.98. The van der Waals surface area contributed by atoms with E-state index in [4.69, 9.17) is 4.98 Å². The smallest absolute Gasteiger partial charge is 0.274 e. The second-order valence-electron chi connectivity index (χ2n) is 6.49. The number of piperazine rings is 1. The van der Waals surface area contributed by atoms with Gasteiger partial charge in [-0.2, -0.15) is 5.10 Å². The van der Waals surface area contributed by atoms with Gasteiger partial charge in [0.15, 0.2) is 5.13 Å². The van der Waals surface area contributed by atoms with Crippen molar-refractivity contribution in [3.05, 3.63) is 41.7 Å². The zero-order valence-corrected chi connectivity index (χ0v) is 16.0. The molecule has 3 aromatic rings. The monoisotopic (exact) mass is 369 g/mol. The standard InChI is InChI=1S/C19H23N5OS/c1-3-14-5-6-15-17(13-14)26-19(20-15)23-11-9-22(10-12-23)18(25)16-7-8-24(4-2)21-16/h5-8,13H,3-4,9-12H2,1-2H3. The first-order valence-electron chi connectivity index (χ1n) is 9.15. The van der Waals surface area contributed by atoms with Gasteiger partial charge < -0.3 is 9.80 Å². The first-order valence-corrected chi connectivity index (χ1v) is 9.96. The van der Waals surface area contributed by atoms with Crippen LogP contribution in [-0.2, 0) is 13.0 Å². The van der Waals surface area contributed by atoms with Gasteiger partial charge in [-0.15, -0.1) is 0 Å². The van der Waals surface area contributed by atoms with Crippen molar-refractivity contribution in [1.82, 2.24) is 19.7 Å². The molecule has 136 valence electrons. The molecule has 1 aromatic carbocycles. The Morgan fingerprint density at radius 3 is 2.65 bits per heavy atom. The highest BCUT2D eigenvalue weighted by Gasteiger charge is 2.25. The van der Waals surface area contributed by atoms with Crippen LogP contribution < -0.4 is 4.90 Å². The summed E-state index contributed by atoms with van der Waals surface area (Å²) in [6, 6.07) is 8.30. The predicted molar refractivity (Wildman–Crippen MR) is 105 cm³/mol. The fourth-order valence-corrected chi connectivity index (χ4v) is 4.31. The molecule has 0 unspecified atom stereocenters. The lowest BCUT2D eigenvalue weighted by Gasteiger charge is -2.34. The Kier molecular flexibility index (Phi) is 4.63. The summed E-state index contributed by atoms with van der Waals surface area (Å²) in [4.78, 5) is 21.6. The molecule has 4 rings (SSSR count). The third-order valence-electron chi connectivity index (χ3n) is 4.87. The summed E-state index contributed by atoms with van der Waals surface area (Å²) in [5, 5.41) is 5.38. The highest BCUT2D eigenvalue weighted by atomic mass is 32.1. The molecular formula is C19H23N5OS. The minimum atomic E-state index is 0.0220. The van der Waals surface area contributed by atoms with E-state index in [-0.39, 0.29) is 5.91 Å². The second-order valence-corrected chi connectivity index (χ2v) is 7.50. The van der Waals surface area contributed by atoms with Gasteiger partial charge in [-0.25, -0.2) is 4.98 Å². The van der Waals surface area contributed by atoms with E-state index in [9.17, 15) is 4.79 Å². The highest BCUT2D eigenvalue weighted by molar-refractivity contribution is 7.22.